The first-order valence-electron chi connectivity index (χ1n) is 7.39. The summed E-state index contributed by atoms with van der Waals surface area (Å²) in [5.41, 5.74) is 4.22. The average molecular weight is 299 g/mol. The highest BCUT2D eigenvalue weighted by molar-refractivity contribution is 5.87. The molecule has 7 nitrogen and oxygen atoms in total. The van der Waals surface area contributed by atoms with E-state index in [1.807, 2.05) is 13.8 Å². The van der Waals surface area contributed by atoms with Crippen LogP contribution in [0.3, 0.4) is 0 Å². The fourth-order valence-corrected chi connectivity index (χ4v) is 2.74. The standard InChI is InChI=1S/C14H25N3O4/c1-3-9(2)10(17-13(15)21)11(18)16-8-14(12(19)20)6-4-5-7-14/h9-10H,3-8H2,1-2H3,(H,16,18)(H,19,20)(H3,15,17,21). The fourth-order valence-electron chi connectivity index (χ4n) is 2.74. The molecule has 1 fully saturated rings. The monoisotopic (exact) mass is 299 g/mol. The van der Waals surface area contributed by atoms with Crippen molar-refractivity contribution >= 4 is 17.9 Å². The Hall–Kier alpha value is -1.79. The SMILES string of the molecule is CCC(C)C(NC(N)=O)C(=O)NCC1(C(=O)O)CCCC1. The third kappa shape index (κ3) is 4.34. The Bertz CT molecular complexity index is 405. The van der Waals surface area contributed by atoms with Crippen molar-refractivity contribution in [1.29, 1.82) is 0 Å². The van der Waals surface area contributed by atoms with E-state index in [0.717, 1.165) is 12.8 Å². The van der Waals surface area contributed by atoms with Crippen LogP contribution in [-0.2, 0) is 9.59 Å². The number of carbonyl (C=O) groups is 3. The van der Waals surface area contributed by atoms with Crippen LogP contribution in [0.15, 0.2) is 0 Å². The molecule has 0 bridgehead atoms. The van der Waals surface area contributed by atoms with Crippen LogP contribution in [0.5, 0.6) is 0 Å². The van der Waals surface area contributed by atoms with Gasteiger partial charge in [0.2, 0.25) is 5.91 Å². The zero-order valence-corrected chi connectivity index (χ0v) is 12.6. The largest absolute Gasteiger partial charge is 0.481 e. The predicted octanol–water partition coefficient (Wildman–Crippen LogP) is 0.831. The van der Waals surface area contributed by atoms with Gasteiger partial charge in [0.15, 0.2) is 0 Å². The van der Waals surface area contributed by atoms with Crippen LogP contribution in [0.25, 0.3) is 0 Å². The first kappa shape index (κ1) is 17.3. The molecule has 0 heterocycles. The number of nitrogens with one attached hydrogen (secondary N) is 2. The Labute approximate surface area is 124 Å². The molecule has 7 heteroatoms. The first-order chi connectivity index (χ1) is 9.82. The van der Waals surface area contributed by atoms with Crippen molar-refractivity contribution in [3.8, 4) is 0 Å². The second-order valence-electron chi connectivity index (χ2n) is 5.88. The molecular formula is C14H25N3O4. The van der Waals surface area contributed by atoms with E-state index in [1.165, 1.54) is 0 Å². The number of primary amides is 1. The van der Waals surface area contributed by atoms with Crippen molar-refractivity contribution in [1.82, 2.24) is 10.6 Å². The van der Waals surface area contributed by atoms with Gasteiger partial charge < -0.3 is 21.5 Å². The van der Waals surface area contributed by atoms with Crippen LogP contribution in [-0.4, -0.2) is 35.6 Å². The molecule has 0 aromatic carbocycles. The summed E-state index contributed by atoms with van der Waals surface area (Å²) in [5, 5.41) is 14.5. The number of hydrogen-bond acceptors (Lipinski definition) is 3. The summed E-state index contributed by atoms with van der Waals surface area (Å²) in [4.78, 5) is 34.7. The molecule has 2 unspecified atom stereocenters. The molecule has 0 saturated heterocycles. The summed E-state index contributed by atoms with van der Waals surface area (Å²) in [7, 11) is 0. The van der Waals surface area contributed by atoms with Gasteiger partial charge in [0, 0.05) is 6.54 Å². The van der Waals surface area contributed by atoms with Crippen molar-refractivity contribution in [2.75, 3.05) is 6.54 Å². The average Bonchev–Trinajstić information content (AvgIpc) is 2.91. The van der Waals surface area contributed by atoms with E-state index in [1.54, 1.807) is 0 Å². The molecular weight excluding hydrogens is 274 g/mol. The zero-order chi connectivity index (χ0) is 16.0. The van der Waals surface area contributed by atoms with E-state index in [-0.39, 0.29) is 18.4 Å². The van der Waals surface area contributed by atoms with Gasteiger partial charge in [-0.1, -0.05) is 33.1 Å². The molecule has 0 aromatic rings. The molecule has 1 saturated carbocycles. The van der Waals surface area contributed by atoms with E-state index in [4.69, 9.17) is 5.73 Å². The second-order valence-corrected chi connectivity index (χ2v) is 5.88. The number of nitrogens with two attached hydrogens (primary N) is 1. The van der Waals surface area contributed by atoms with E-state index < -0.39 is 23.5 Å². The summed E-state index contributed by atoms with van der Waals surface area (Å²) < 4.78 is 0. The molecule has 0 spiro atoms. The molecule has 3 amide bonds. The molecule has 1 aliphatic carbocycles. The lowest BCUT2D eigenvalue weighted by Gasteiger charge is -2.27. The first-order valence-corrected chi connectivity index (χ1v) is 7.39. The Morgan fingerprint density at radius 3 is 2.29 bits per heavy atom. The van der Waals surface area contributed by atoms with Gasteiger partial charge in [-0.05, 0) is 18.8 Å². The summed E-state index contributed by atoms with van der Waals surface area (Å²) in [6, 6.07) is -1.50. The lowest BCUT2D eigenvalue weighted by Crippen LogP contribution is -2.54. The Morgan fingerprint density at radius 1 is 1.29 bits per heavy atom. The Balaban J connectivity index is 2.68. The zero-order valence-electron chi connectivity index (χ0n) is 12.6. The normalized spacial score (nSPS) is 19.5. The molecule has 1 aliphatic rings. The van der Waals surface area contributed by atoms with Crippen LogP contribution in [0.1, 0.15) is 46.0 Å². The lowest BCUT2D eigenvalue weighted by atomic mass is 9.86. The highest BCUT2D eigenvalue weighted by Crippen LogP contribution is 2.37. The smallest absolute Gasteiger partial charge is 0.312 e. The third-order valence-electron chi connectivity index (χ3n) is 4.41. The minimum Gasteiger partial charge on any atom is -0.481 e. The van der Waals surface area contributed by atoms with E-state index in [2.05, 4.69) is 10.6 Å². The second kappa shape index (κ2) is 7.28. The van der Waals surface area contributed by atoms with E-state index in [0.29, 0.717) is 19.3 Å². The minimum atomic E-state index is -0.873. The Kier molecular flexibility index (Phi) is 5.99. The van der Waals surface area contributed by atoms with E-state index >= 15 is 0 Å². The van der Waals surface area contributed by atoms with Gasteiger partial charge in [0.1, 0.15) is 6.04 Å². The molecule has 21 heavy (non-hydrogen) atoms. The number of carboxylic acid groups (broad SMARTS) is 1. The minimum absolute atomic E-state index is 0.0816. The molecule has 0 aliphatic heterocycles. The number of amides is 3. The Morgan fingerprint density at radius 2 is 1.86 bits per heavy atom. The van der Waals surface area contributed by atoms with E-state index in [9.17, 15) is 19.5 Å². The quantitative estimate of drug-likeness (QED) is 0.556. The molecule has 0 aromatic heterocycles. The molecule has 0 radical (unpaired) electrons. The number of rotatable bonds is 7. The number of aliphatic carboxylic acids is 1. The predicted molar refractivity (Wildman–Crippen MR) is 77.5 cm³/mol. The van der Waals surface area contributed by atoms with Gasteiger partial charge in [-0.3, -0.25) is 9.59 Å². The van der Waals surface area contributed by atoms with Gasteiger partial charge in [-0.2, -0.15) is 0 Å². The summed E-state index contributed by atoms with van der Waals surface area (Å²) in [6.07, 6.45) is 3.55. The summed E-state index contributed by atoms with van der Waals surface area (Å²) >= 11 is 0. The van der Waals surface area contributed by atoms with Crippen molar-refractivity contribution in [3.63, 3.8) is 0 Å². The van der Waals surface area contributed by atoms with Crippen LogP contribution in [0, 0.1) is 11.3 Å². The molecule has 1 rings (SSSR count). The van der Waals surface area contributed by atoms with Gasteiger partial charge in [0.25, 0.3) is 0 Å². The maximum absolute atomic E-state index is 12.2. The summed E-state index contributed by atoms with van der Waals surface area (Å²) in [5.74, 6) is -1.33. The number of hydrogen-bond donors (Lipinski definition) is 4. The topological polar surface area (TPSA) is 122 Å². The van der Waals surface area contributed by atoms with Gasteiger partial charge in [-0.15, -0.1) is 0 Å². The molecule has 2 atom stereocenters. The van der Waals surface area contributed by atoms with Crippen LogP contribution < -0.4 is 16.4 Å². The van der Waals surface area contributed by atoms with Crippen molar-refractivity contribution in [3.05, 3.63) is 0 Å². The number of carboxylic acids is 1. The third-order valence-corrected chi connectivity index (χ3v) is 4.41. The lowest BCUT2D eigenvalue weighted by molar-refractivity contribution is -0.148. The number of carbonyl (C=O) groups excluding carboxylic acids is 2. The number of urea groups is 1. The highest BCUT2D eigenvalue weighted by atomic mass is 16.4. The van der Waals surface area contributed by atoms with Crippen LogP contribution >= 0.6 is 0 Å². The highest BCUT2D eigenvalue weighted by Gasteiger charge is 2.42. The van der Waals surface area contributed by atoms with Gasteiger partial charge >= 0.3 is 12.0 Å². The molecule has 5 N–H and O–H groups in total. The van der Waals surface area contributed by atoms with Crippen molar-refractivity contribution in [2.24, 2.45) is 17.1 Å². The van der Waals surface area contributed by atoms with Crippen LogP contribution in [0.4, 0.5) is 4.79 Å². The van der Waals surface area contributed by atoms with Crippen LogP contribution in [0.2, 0.25) is 0 Å². The maximum Gasteiger partial charge on any atom is 0.312 e. The summed E-state index contributed by atoms with van der Waals surface area (Å²) in [6.45, 7) is 3.83. The fraction of sp³-hybridized carbons (Fsp3) is 0.786. The van der Waals surface area contributed by atoms with Crippen molar-refractivity contribution in [2.45, 2.75) is 52.0 Å². The molecule has 120 valence electrons. The van der Waals surface area contributed by atoms with Gasteiger partial charge in [-0.25, -0.2) is 4.79 Å². The maximum atomic E-state index is 12.2. The van der Waals surface area contributed by atoms with Gasteiger partial charge in [0.05, 0.1) is 5.41 Å². The van der Waals surface area contributed by atoms with Crippen molar-refractivity contribution < 1.29 is 19.5 Å².